The van der Waals surface area contributed by atoms with E-state index < -0.39 is 0 Å². The molecule has 0 saturated carbocycles. The molecule has 0 fully saturated rings. The summed E-state index contributed by atoms with van der Waals surface area (Å²) in [6.45, 7) is 2.45. The van der Waals surface area contributed by atoms with Crippen LogP contribution in [0.25, 0.3) is 21.9 Å². The molecular formula is C21H20N4O. The van der Waals surface area contributed by atoms with Gasteiger partial charge < -0.3 is 9.47 Å². The summed E-state index contributed by atoms with van der Waals surface area (Å²) in [5.41, 5.74) is 3.90. The lowest BCUT2D eigenvalue weighted by Gasteiger charge is -2.23. The number of benzene rings is 2. The lowest BCUT2D eigenvalue weighted by molar-refractivity contribution is -0.133. The molecule has 130 valence electrons. The van der Waals surface area contributed by atoms with E-state index in [0.29, 0.717) is 6.54 Å². The van der Waals surface area contributed by atoms with Gasteiger partial charge in [-0.2, -0.15) is 0 Å². The van der Waals surface area contributed by atoms with Crippen LogP contribution in [0.4, 0.5) is 0 Å². The third-order valence-corrected chi connectivity index (χ3v) is 4.78. The van der Waals surface area contributed by atoms with Crippen molar-refractivity contribution < 1.29 is 4.79 Å². The maximum absolute atomic E-state index is 13.0. The van der Waals surface area contributed by atoms with Crippen molar-refractivity contribution in [3.63, 3.8) is 0 Å². The molecule has 5 nitrogen and oxygen atoms in total. The van der Waals surface area contributed by atoms with Gasteiger partial charge in [-0.15, -0.1) is 0 Å². The van der Waals surface area contributed by atoms with E-state index in [4.69, 9.17) is 0 Å². The monoisotopic (exact) mass is 344 g/mol. The molecule has 0 aliphatic heterocycles. The molecule has 0 unspecified atom stereocenters. The van der Waals surface area contributed by atoms with Crippen LogP contribution in [-0.4, -0.2) is 32.4 Å². The summed E-state index contributed by atoms with van der Waals surface area (Å²) in [6, 6.07) is 17.5. The number of carbonyl (C=O) groups is 1. The third-order valence-electron chi connectivity index (χ3n) is 4.78. The Bertz CT molecular complexity index is 1080. The predicted octanol–water partition coefficient (Wildman–Crippen LogP) is 3.80. The Hall–Kier alpha value is -3.21. The third kappa shape index (κ3) is 2.81. The zero-order valence-corrected chi connectivity index (χ0v) is 14.8. The number of carbonyl (C=O) groups excluding carboxylic acids is 1. The van der Waals surface area contributed by atoms with Crippen LogP contribution in [0.2, 0.25) is 0 Å². The van der Waals surface area contributed by atoms with Crippen molar-refractivity contribution in [2.24, 2.45) is 0 Å². The molecule has 4 aromatic rings. The van der Waals surface area contributed by atoms with Crippen LogP contribution < -0.4 is 0 Å². The van der Waals surface area contributed by atoms with Crippen LogP contribution in [-0.2, 0) is 11.3 Å². The van der Waals surface area contributed by atoms with Crippen molar-refractivity contribution in [2.45, 2.75) is 19.5 Å². The number of likely N-dealkylation sites (N-methyl/N-ethyl adjacent to an activating group) is 1. The second-order valence-corrected chi connectivity index (χ2v) is 6.50. The highest BCUT2D eigenvalue weighted by Crippen LogP contribution is 2.21. The molecule has 1 amide bonds. The topological polar surface area (TPSA) is 51.0 Å². The van der Waals surface area contributed by atoms with Crippen molar-refractivity contribution in [1.82, 2.24) is 19.4 Å². The van der Waals surface area contributed by atoms with Crippen molar-refractivity contribution in [1.29, 1.82) is 0 Å². The minimum absolute atomic E-state index is 0.0500. The molecule has 0 radical (unpaired) electrons. The molecular weight excluding hydrogens is 324 g/mol. The Morgan fingerprint density at radius 3 is 2.73 bits per heavy atom. The first kappa shape index (κ1) is 16.3. The Morgan fingerprint density at radius 1 is 1.04 bits per heavy atom. The Labute approximate surface area is 151 Å². The summed E-state index contributed by atoms with van der Waals surface area (Å²) >= 11 is 0. The van der Waals surface area contributed by atoms with Gasteiger partial charge in [0.15, 0.2) is 0 Å². The molecule has 0 aliphatic rings. The van der Waals surface area contributed by atoms with E-state index in [9.17, 15) is 4.79 Å². The molecule has 0 aliphatic carbocycles. The fourth-order valence-electron chi connectivity index (χ4n) is 3.36. The number of amides is 1. The number of fused-ring (bicyclic) bond motifs is 2. The Kier molecular flexibility index (Phi) is 4.13. The molecule has 0 N–H and O–H groups in total. The molecule has 5 heteroatoms. The minimum atomic E-state index is -0.319. The molecule has 0 saturated heterocycles. The molecule has 0 bridgehead atoms. The van der Waals surface area contributed by atoms with Crippen molar-refractivity contribution in [3.05, 3.63) is 72.7 Å². The summed E-state index contributed by atoms with van der Waals surface area (Å²) in [6.07, 6.45) is 3.52. The first-order valence-corrected chi connectivity index (χ1v) is 8.64. The number of hydrogen-bond donors (Lipinski definition) is 0. The number of pyridine rings is 1. The Morgan fingerprint density at radius 2 is 1.85 bits per heavy atom. The lowest BCUT2D eigenvalue weighted by Crippen LogP contribution is -2.32. The van der Waals surface area contributed by atoms with Crippen LogP contribution in [0.3, 0.4) is 0 Å². The Balaban J connectivity index is 1.59. The minimum Gasteiger partial charge on any atom is -0.340 e. The zero-order valence-electron chi connectivity index (χ0n) is 14.8. The zero-order chi connectivity index (χ0) is 18.1. The smallest absolute Gasteiger partial charge is 0.245 e. The standard InChI is InChI=1S/C21H20N4O/c1-15(25-14-23-19-9-3-4-11-20(19)25)21(26)24(2)13-16-7-5-10-18-17(16)8-6-12-22-18/h3-12,14-15H,13H2,1-2H3/t15-/m0/s1. The highest BCUT2D eigenvalue weighted by Gasteiger charge is 2.21. The second-order valence-electron chi connectivity index (χ2n) is 6.50. The van der Waals surface area contributed by atoms with Gasteiger partial charge in [0, 0.05) is 25.2 Å². The van der Waals surface area contributed by atoms with Gasteiger partial charge in [0.25, 0.3) is 0 Å². The number of aromatic nitrogens is 3. The largest absolute Gasteiger partial charge is 0.340 e. The molecule has 0 spiro atoms. The van der Waals surface area contributed by atoms with Gasteiger partial charge in [0.2, 0.25) is 5.91 Å². The average Bonchev–Trinajstić information content (AvgIpc) is 3.11. The normalized spacial score (nSPS) is 12.4. The first-order valence-electron chi connectivity index (χ1n) is 8.64. The summed E-state index contributed by atoms with van der Waals surface area (Å²) in [5.74, 6) is 0.0500. The average molecular weight is 344 g/mol. The number of hydrogen-bond acceptors (Lipinski definition) is 3. The summed E-state index contributed by atoms with van der Waals surface area (Å²) in [7, 11) is 1.84. The number of para-hydroxylation sites is 2. The predicted molar refractivity (Wildman–Crippen MR) is 103 cm³/mol. The number of rotatable bonds is 4. The molecule has 2 aromatic carbocycles. The van der Waals surface area contributed by atoms with Gasteiger partial charge in [0.1, 0.15) is 6.04 Å². The van der Waals surface area contributed by atoms with Gasteiger partial charge in [-0.1, -0.05) is 30.3 Å². The number of imidazole rings is 1. The number of nitrogens with zero attached hydrogens (tertiary/aromatic N) is 4. The van der Waals surface area contributed by atoms with E-state index in [1.165, 1.54) is 0 Å². The molecule has 1 atom stereocenters. The van der Waals surface area contributed by atoms with Crippen molar-refractivity contribution >= 4 is 27.8 Å². The summed E-state index contributed by atoms with van der Waals surface area (Å²) < 4.78 is 1.93. The van der Waals surface area contributed by atoms with E-state index in [1.54, 1.807) is 17.4 Å². The van der Waals surface area contributed by atoms with Crippen molar-refractivity contribution in [2.75, 3.05) is 7.05 Å². The van der Waals surface area contributed by atoms with Crippen molar-refractivity contribution in [3.8, 4) is 0 Å². The molecule has 26 heavy (non-hydrogen) atoms. The first-order chi connectivity index (χ1) is 12.6. The fraction of sp³-hybridized carbons (Fsp3) is 0.190. The van der Waals surface area contributed by atoms with Crippen LogP contribution in [0.1, 0.15) is 18.5 Å². The van der Waals surface area contributed by atoms with Gasteiger partial charge in [-0.05, 0) is 36.8 Å². The van der Waals surface area contributed by atoms with Crippen LogP contribution >= 0.6 is 0 Å². The second kappa shape index (κ2) is 6.59. The van der Waals surface area contributed by atoms with Gasteiger partial charge in [-0.3, -0.25) is 9.78 Å². The van der Waals surface area contributed by atoms with E-state index in [-0.39, 0.29) is 11.9 Å². The summed E-state index contributed by atoms with van der Waals surface area (Å²) in [5, 5.41) is 1.08. The van der Waals surface area contributed by atoms with Gasteiger partial charge in [-0.25, -0.2) is 4.98 Å². The van der Waals surface area contributed by atoms with E-state index >= 15 is 0 Å². The summed E-state index contributed by atoms with van der Waals surface area (Å²) in [4.78, 5) is 23.5. The van der Waals surface area contributed by atoms with Crippen LogP contribution in [0.5, 0.6) is 0 Å². The molecule has 2 aromatic heterocycles. The molecule has 2 heterocycles. The van der Waals surface area contributed by atoms with E-state index in [2.05, 4.69) is 9.97 Å². The highest BCUT2D eigenvalue weighted by molar-refractivity contribution is 5.85. The van der Waals surface area contributed by atoms with E-state index in [1.807, 2.05) is 73.1 Å². The molecule has 4 rings (SSSR count). The maximum Gasteiger partial charge on any atom is 0.245 e. The lowest BCUT2D eigenvalue weighted by atomic mass is 10.1. The quantitative estimate of drug-likeness (QED) is 0.566. The maximum atomic E-state index is 13.0. The fourth-order valence-corrected chi connectivity index (χ4v) is 3.36. The van der Waals surface area contributed by atoms with Gasteiger partial charge >= 0.3 is 0 Å². The van der Waals surface area contributed by atoms with Crippen LogP contribution in [0.15, 0.2) is 67.1 Å². The highest BCUT2D eigenvalue weighted by atomic mass is 16.2. The van der Waals surface area contributed by atoms with Crippen LogP contribution in [0, 0.1) is 0 Å². The van der Waals surface area contributed by atoms with Gasteiger partial charge in [0.05, 0.1) is 22.9 Å². The SMILES string of the molecule is C[C@@H](C(=O)N(C)Cc1cccc2ncccc12)n1cnc2ccccc21. The van der Waals surface area contributed by atoms with E-state index in [0.717, 1.165) is 27.5 Å².